The van der Waals surface area contributed by atoms with E-state index in [1.807, 2.05) is 24.4 Å². The zero-order chi connectivity index (χ0) is 16.1. The molecule has 1 fully saturated rings. The molecule has 2 aromatic rings. The molecule has 122 valence electrons. The van der Waals surface area contributed by atoms with Crippen LogP contribution in [0.1, 0.15) is 17.5 Å². The van der Waals surface area contributed by atoms with Crippen LogP contribution >= 0.6 is 0 Å². The van der Waals surface area contributed by atoms with Crippen LogP contribution in [0.5, 0.6) is 0 Å². The van der Waals surface area contributed by atoms with Crippen molar-refractivity contribution in [3.63, 3.8) is 0 Å². The lowest BCUT2D eigenvalue weighted by molar-refractivity contribution is 0.0361. The minimum absolute atomic E-state index is 0.0621. The zero-order valence-electron chi connectivity index (χ0n) is 13.0. The first-order valence-corrected chi connectivity index (χ1v) is 7.98. The summed E-state index contributed by atoms with van der Waals surface area (Å²) in [6, 6.07) is 10.8. The van der Waals surface area contributed by atoms with E-state index in [1.54, 1.807) is 18.3 Å². The van der Waals surface area contributed by atoms with Crippen molar-refractivity contribution in [2.24, 2.45) is 0 Å². The molecular weight excluding hydrogens is 293 g/mol. The first kappa shape index (κ1) is 16.1. The molecule has 5 heteroatoms. The molecular formula is C18H22FN3O. The van der Waals surface area contributed by atoms with Gasteiger partial charge in [-0.1, -0.05) is 24.3 Å². The van der Waals surface area contributed by atoms with E-state index >= 15 is 0 Å². The summed E-state index contributed by atoms with van der Waals surface area (Å²) in [5.74, 6) is -0.182. The Bertz CT molecular complexity index is 623. The molecule has 1 aromatic carbocycles. The van der Waals surface area contributed by atoms with Crippen LogP contribution in [-0.4, -0.2) is 40.2 Å². The average Bonchev–Trinajstić information content (AvgIpc) is 2.57. The number of aromatic nitrogens is 1. The highest BCUT2D eigenvalue weighted by Gasteiger charge is 2.27. The molecule has 0 spiro atoms. The molecule has 0 bridgehead atoms. The third-order valence-electron chi connectivity index (χ3n) is 4.31. The number of nitrogens with one attached hydrogen (secondary N) is 1. The Hall–Kier alpha value is -1.82. The number of pyridine rings is 1. The molecule has 1 aromatic heterocycles. The topological polar surface area (TPSA) is 48.4 Å². The maximum atomic E-state index is 13.7. The zero-order valence-corrected chi connectivity index (χ0v) is 13.0. The van der Waals surface area contributed by atoms with Crippen LogP contribution in [0, 0.1) is 5.82 Å². The molecule has 1 saturated heterocycles. The normalized spacial score (nSPS) is 22.2. The van der Waals surface area contributed by atoms with Gasteiger partial charge in [0, 0.05) is 50.2 Å². The molecule has 4 nitrogen and oxygen atoms in total. The average molecular weight is 315 g/mol. The van der Waals surface area contributed by atoms with Crippen LogP contribution in [0.25, 0.3) is 0 Å². The van der Waals surface area contributed by atoms with E-state index in [0.717, 1.165) is 18.5 Å². The Kier molecular flexibility index (Phi) is 5.33. The maximum Gasteiger partial charge on any atom is 0.127 e. The number of nitrogens with zero attached hydrogens (tertiary/aromatic N) is 2. The van der Waals surface area contributed by atoms with Crippen molar-refractivity contribution in [2.45, 2.75) is 31.7 Å². The number of benzene rings is 1. The van der Waals surface area contributed by atoms with Gasteiger partial charge in [-0.2, -0.15) is 0 Å². The van der Waals surface area contributed by atoms with E-state index in [9.17, 15) is 9.50 Å². The number of aliphatic hydroxyl groups excluding tert-OH is 1. The number of hydrogen-bond donors (Lipinski definition) is 2. The van der Waals surface area contributed by atoms with Gasteiger partial charge in [0.1, 0.15) is 5.82 Å². The minimum atomic E-state index is -0.452. The Labute approximate surface area is 136 Å². The summed E-state index contributed by atoms with van der Waals surface area (Å²) in [4.78, 5) is 6.19. The van der Waals surface area contributed by atoms with Crippen molar-refractivity contribution in [3.05, 3.63) is 65.7 Å². The Balaban J connectivity index is 1.50. The summed E-state index contributed by atoms with van der Waals surface area (Å²) in [6.45, 7) is 2.64. The number of piperidine rings is 1. The molecule has 3 rings (SSSR count). The lowest BCUT2D eigenvalue weighted by Gasteiger charge is -2.36. The van der Waals surface area contributed by atoms with Crippen molar-refractivity contribution in [1.29, 1.82) is 0 Å². The van der Waals surface area contributed by atoms with E-state index in [0.29, 0.717) is 25.2 Å². The number of rotatable bonds is 5. The lowest BCUT2D eigenvalue weighted by Crippen LogP contribution is -2.52. The molecule has 23 heavy (non-hydrogen) atoms. The van der Waals surface area contributed by atoms with Gasteiger partial charge in [0.05, 0.1) is 6.10 Å². The number of β-amino-alcohol motifs (C(OH)–C–C–N with tert-alkyl or cyclic N) is 1. The highest BCUT2D eigenvalue weighted by atomic mass is 19.1. The fourth-order valence-corrected chi connectivity index (χ4v) is 3.00. The second kappa shape index (κ2) is 7.64. The van der Waals surface area contributed by atoms with Crippen LogP contribution < -0.4 is 5.32 Å². The molecule has 0 aliphatic carbocycles. The molecule has 2 N–H and O–H groups in total. The van der Waals surface area contributed by atoms with Gasteiger partial charge >= 0.3 is 0 Å². The van der Waals surface area contributed by atoms with Crippen LogP contribution in [0.3, 0.4) is 0 Å². The minimum Gasteiger partial charge on any atom is -0.390 e. The summed E-state index contributed by atoms with van der Waals surface area (Å²) >= 11 is 0. The second-order valence-electron chi connectivity index (χ2n) is 6.03. The summed E-state index contributed by atoms with van der Waals surface area (Å²) in [7, 11) is 0. The highest BCUT2D eigenvalue weighted by molar-refractivity contribution is 5.17. The van der Waals surface area contributed by atoms with Gasteiger partial charge in [-0.15, -0.1) is 0 Å². The molecule has 0 amide bonds. The molecule has 0 unspecified atom stereocenters. The van der Waals surface area contributed by atoms with Crippen molar-refractivity contribution in [1.82, 2.24) is 15.2 Å². The van der Waals surface area contributed by atoms with Gasteiger partial charge in [-0.3, -0.25) is 9.88 Å². The van der Waals surface area contributed by atoms with Crippen LogP contribution in [0.15, 0.2) is 48.8 Å². The molecule has 0 radical (unpaired) electrons. The predicted octanol–water partition coefficient (Wildman–Crippen LogP) is 1.95. The highest BCUT2D eigenvalue weighted by Crippen LogP contribution is 2.16. The van der Waals surface area contributed by atoms with E-state index in [1.165, 1.54) is 6.07 Å². The Morgan fingerprint density at radius 3 is 2.87 bits per heavy atom. The summed E-state index contributed by atoms with van der Waals surface area (Å²) < 4.78 is 13.7. The number of halogens is 1. The van der Waals surface area contributed by atoms with Gasteiger partial charge in [0.15, 0.2) is 0 Å². The van der Waals surface area contributed by atoms with Crippen LogP contribution in [0.4, 0.5) is 4.39 Å². The summed E-state index contributed by atoms with van der Waals surface area (Å²) in [6.07, 6.45) is 3.97. The fraction of sp³-hybridized carbons (Fsp3) is 0.389. The van der Waals surface area contributed by atoms with Crippen molar-refractivity contribution in [2.75, 3.05) is 13.1 Å². The maximum absolute atomic E-state index is 13.7. The summed E-state index contributed by atoms with van der Waals surface area (Å²) in [5, 5.41) is 13.7. The van der Waals surface area contributed by atoms with Gasteiger partial charge in [-0.25, -0.2) is 4.39 Å². The quantitative estimate of drug-likeness (QED) is 0.885. The fourth-order valence-electron chi connectivity index (χ4n) is 3.00. The van der Waals surface area contributed by atoms with Crippen LogP contribution in [0.2, 0.25) is 0 Å². The van der Waals surface area contributed by atoms with E-state index in [4.69, 9.17) is 0 Å². The van der Waals surface area contributed by atoms with Crippen molar-refractivity contribution < 1.29 is 9.50 Å². The van der Waals surface area contributed by atoms with Crippen molar-refractivity contribution in [3.8, 4) is 0 Å². The third-order valence-corrected chi connectivity index (χ3v) is 4.31. The predicted molar refractivity (Wildman–Crippen MR) is 87.2 cm³/mol. The number of hydrogen-bond acceptors (Lipinski definition) is 4. The summed E-state index contributed by atoms with van der Waals surface area (Å²) in [5.41, 5.74) is 1.79. The molecule has 0 saturated carbocycles. The van der Waals surface area contributed by atoms with Crippen LogP contribution in [-0.2, 0) is 13.1 Å². The molecule has 1 aliphatic rings. The second-order valence-corrected chi connectivity index (χ2v) is 6.03. The monoisotopic (exact) mass is 315 g/mol. The Morgan fingerprint density at radius 2 is 2.13 bits per heavy atom. The van der Waals surface area contributed by atoms with Gasteiger partial charge in [-0.05, 0) is 24.1 Å². The molecule has 1 aliphatic heterocycles. The first-order chi connectivity index (χ1) is 11.2. The standard InChI is InChI=1S/C18H22FN3O/c19-16-6-2-1-5-15(16)12-22-9-7-17(18(23)13-22)21-11-14-4-3-8-20-10-14/h1-6,8,10,17-18,21,23H,7,9,11-13H2/t17-,18-/m1/s1. The Morgan fingerprint density at radius 1 is 1.26 bits per heavy atom. The first-order valence-electron chi connectivity index (χ1n) is 7.98. The van der Waals surface area contributed by atoms with Gasteiger partial charge in [0.25, 0.3) is 0 Å². The van der Waals surface area contributed by atoms with Gasteiger partial charge in [0.2, 0.25) is 0 Å². The lowest BCUT2D eigenvalue weighted by atomic mass is 10.0. The number of aliphatic hydroxyl groups is 1. The molecule has 2 heterocycles. The largest absolute Gasteiger partial charge is 0.390 e. The van der Waals surface area contributed by atoms with E-state index in [2.05, 4.69) is 15.2 Å². The number of likely N-dealkylation sites (tertiary alicyclic amines) is 1. The van der Waals surface area contributed by atoms with E-state index < -0.39 is 6.10 Å². The SMILES string of the molecule is O[C@@H]1CN(Cc2ccccc2F)CC[C@H]1NCc1cccnc1. The van der Waals surface area contributed by atoms with Crippen molar-refractivity contribution >= 4 is 0 Å². The van der Waals surface area contributed by atoms with Gasteiger partial charge < -0.3 is 10.4 Å². The molecule has 2 atom stereocenters. The van der Waals surface area contributed by atoms with E-state index in [-0.39, 0.29) is 11.9 Å². The third kappa shape index (κ3) is 4.34. The smallest absolute Gasteiger partial charge is 0.127 e.